The first-order valence-corrected chi connectivity index (χ1v) is 3.88. The van der Waals surface area contributed by atoms with Crippen LogP contribution in [-0.4, -0.2) is 26.1 Å². The van der Waals surface area contributed by atoms with Crippen LogP contribution in [0.3, 0.4) is 0 Å². The van der Waals surface area contributed by atoms with Crippen molar-refractivity contribution in [2.45, 2.75) is 26.1 Å². The van der Waals surface area contributed by atoms with Gasteiger partial charge in [-0.15, -0.1) is 0 Å². The van der Waals surface area contributed by atoms with Crippen molar-refractivity contribution in [3.63, 3.8) is 0 Å². The van der Waals surface area contributed by atoms with Crippen LogP contribution in [0.5, 0.6) is 0 Å². The number of aliphatic hydroxyl groups excluding tert-OH is 2. The van der Waals surface area contributed by atoms with Crippen molar-refractivity contribution in [2.24, 2.45) is 7.05 Å². The van der Waals surface area contributed by atoms with Crippen molar-refractivity contribution >= 4 is 0 Å². The summed E-state index contributed by atoms with van der Waals surface area (Å²) in [6.07, 6.45) is 0.124. The number of aromatic nitrogens is 2. The molecule has 0 radical (unpaired) electrons. The van der Waals surface area contributed by atoms with Crippen molar-refractivity contribution in [1.82, 2.24) is 9.78 Å². The second-order valence-electron chi connectivity index (χ2n) is 3.03. The maximum absolute atomic E-state index is 9.49. The largest absolute Gasteiger partial charge is 0.390 e. The van der Waals surface area contributed by atoms with Gasteiger partial charge in [0.05, 0.1) is 11.8 Å². The van der Waals surface area contributed by atoms with Crippen LogP contribution in [0.4, 0.5) is 0 Å². The number of rotatable bonds is 2. The SMILES string of the molecule is Cc1nn(C)cc1C(O)C(C)O. The van der Waals surface area contributed by atoms with E-state index in [2.05, 4.69) is 5.10 Å². The average Bonchev–Trinajstić information content (AvgIpc) is 2.28. The van der Waals surface area contributed by atoms with Crippen LogP contribution in [0, 0.1) is 6.92 Å². The third-order valence-corrected chi connectivity index (χ3v) is 1.83. The van der Waals surface area contributed by atoms with Gasteiger partial charge in [-0.05, 0) is 13.8 Å². The zero-order chi connectivity index (χ0) is 9.30. The zero-order valence-electron chi connectivity index (χ0n) is 7.52. The van der Waals surface area contributed by atoms with E-state index in [4.69, 9.17) is 5.11 Å². The quantitative estimate of drug-likeness (QED) is 0.664. The third kappa shape index (κ3) is 1.65. The summed E-state index contributed by atoms with van der Waals surface area (Å²) in [5, 5.41) is 22.7. The summed E-state index contributed by atoms with van der Waals surface area (Å²) in [6.45, 7) is 3.36. The van der Waals surface area contributed by atoms with Crippen LogP contribution in [0.25, 0.3) is 0 Å². The minimum absolute atomic E-state index is 0.688. The number of nitrogens with zero attached hydrogens (tertiary/aromatic N) is 2. The Bertz CT molecular complexity index is 268. The maximum Gasteiger partial charge on any atom is 0.108 e. The van der Waals surface area contributed by atoms with Gasteiger partial charge < -0.3 is 10.2 Å². The highest BCUT2D eigenvalue weighted by Gasteiger charge is 2.17. The van der Waals surface area contributed by atoms with E-state index < -0.39 is 12.2 Å². The highest BCUT2D eigenvalue weighted by molar-refractivity contribution is 5.19. The molecule has 0 aliphatic heterocycles. The maximum atomic E-state index is 9.49. The molecule has 0 spiro atoms. The van der Waals surface area contributed by atoms with Gasteiger partial charge in [0.25, 0.3) is 0 Å². The Hall–Kier alpha value is -0.870. The summed E-state index contributed by atoms with van der Waals surface area (Å²) >= 11 is 0. The Morgan fingerprint density at radius 2 is 2.08 bits per heavy atom. The molecule has 0 bridgehead atoms. The van der Waals surface area contributed by atoms with Crippen LogP contribution in [0.2, 0.25) is 0 Å². The number of aliphatic hydroxyl groups is 2. The molecule has 4 heteroatoms. The van der Waals surface area contributed by atoms with Crippen LogP contribution in [0.15, 0.2) is 6.20 Å². The molecule has 68 valence electrons. The molecule has 0 saturated carbocycles. The zero-order valence-corrected chi connectivity index (χ0v) is 7.52. The van der Waals surface area contributed by atoms with Crippen LogP contribution >= 0.6 is 0 Å². The first-order chi connectivity index (χ1) is 5.52. The standard InChI is InChI=1S/C8H14N2O2/c1-5-7(4-10(3)9-5)8(12)6(2)11/h4,6,8,11-12H,1-3H3. The third-order valence-electron chi connectivity index (χ3n) is 1.83. The predicted molar refractivity (Wildman–Crippen MR) is 44.6 cm³/mol. The minimum atomic E-state index is -0.835. The second kappa shape index (κ2) is 3.25. The molecule has 2 atom stereocenters. The van der Waals surface area contributed by atoms with Gasteiger partial charge in [-0.25, -0.2) is 0 Å². The van der Waals surface area contributed by atoms with Crippen LogP contribution in [-0.2, 0) is 7.05 Å². The van der Waals surface area contributed by atoms with Gasteiger partial charge in [-0.3, -0.25) is 4.68 Å². The Kier molecular flexibility index (Phi) is 2.49. The molecular formula is C8H14N2O2. The first kappa shape index (κ1) is 9.22. The topological polar surface area (TPSA) is 58.3 Å². The summed E-state index contributed by atoms with van der Waals surface area (Å²) in [7, 11) is 1.78. The smallest absolute Gasteiger partial charge is 0.108 e. The van der Waals surface area contributed by atoms with Gasteiger partial charge in [-0.1, -0.05) is 0 Å². The van der Waals surface area contributed by atoms with Crippen molar-refractivity contribution in [3.05, 3.63) is 17.5 Å². The Labute approximate surface area is 71.5 Å². The van der Waals surface area contributed by atoms with E-state index in [9.17, 15) is 5.11 Å². The molecule has 0 fully saturated rings. The van der Waals surface area contributed by atoms with Gasteiger partial charge >= 0.3 is 0 Å². The lowest BCUT2D eigenvalue weighted by Gasteiger charge is -2.11. The summed E-state index contributed by atoms with van der Waals surface area (Å²) < 4.78 is 1.62. The lowest BCUT2D eigenvalue weighted by atomic mass is 10.1. The fraction of sp³-hybridized carbons (Fsp3) is 0.625. The molecule has 0 aliphatic rings. The number of hydrogen-bond acceptors (Lipinski definition) is 3. The van der Waals surface area contributed by atoms with Gasteiger partial charge in [0.1, 0.15) is 6.10 Å². The summed E-state index contributed by atoms with van der Waals surface area (Å²) in [5.41, 5.74) is 1.44. The van der Waals surface area contributed by atoms with E-state index in [0.29, 0.717) is 5.56 Å². The average molecular weight is 170 g/mol. The molecule has 1 aromatic heterocycles. The van der Waals surface area contributed by atoms with E-state index in [1.54, 1.807) is 31.8 Å². The molecule has 1 heterocycles. The number of hydrogen-bond donors (Lipinski definition) is 2. The predicted octanol–water partition coefficient (Wildman–Crippen LogP) is 0.143. The van der Waals surface area contributed by atoms with E-state index in [1.807, 2.05) is 0 Å². The molecule has 0 amide bonds. The molecule has 0 saturated heterocycles. The van der Waals surface area contributed by atoms with Crippen molar-refractivity contribution in [1.29, 1.82) is 0 Å². The highest BCUT2D eigenvalue weighted by atomic mass is 16.3. The molecule has 1 rings (SSSR count). The lowest BCUT2D eigenvalue weighted by Crippen LogP contribution is -2.13. The Balaban J connectivity index is 2.94. The fourth-order valence-corrected chi connectivity index (χ4v) is 1.17. The van der Waals surface area contributed by atoms with Crippen molar-refractivity contribution < 1.29 is 10.2 Å². The van der Waals surface area contributed by atoms with Gasteiger partial charge in [-0.2, -0.15) is 5.10 Å². The second-order valence-corrected chi connectivity index (χ2v) is 3.03. The van der Waals surface area contributed by atoms with E-state index >= 15 is 0 Å². The van der Waals surface area contributed by atoms with E-state index in [0.717, 1.165) is 5.69 Å². The summed E-state index contributed by atoms with van der Waals surface area (Å²) in [6, 6.07) is 0. The molecular weight excluding hydrogens is 156 g/mol. The van der Waals surface area contributed by atoms with Gasteiger partial charge in [0.2, 0.25) is 0 Å². The molecule has 0 aliphatic carbocycles. The normalized spacial score (nSPS) is 16.1. The monoisotopic (exact) mass is 170 g/mol. The molecule has 12 heavy (non-hydrogen) atoms. The van der Waals surface area contributed by atoms with Crippen LogP contribution < -0.4 is 0 Å². The minimum Gasteiger partial charge on any atom is -0.390 e. The lowest BCUT2D eigenvalue weighted by molar-refractivity contribution is 0.0301. The fourth-order valence-electron chi connectivity index (χ4n) is 1.17. The van der Waals surface area contributed by atoms with Gasteiger partial charge in [0, 0.05) is 18.8 Å². The van der Waals surface area contributed by atoms with E-state index in [-0.39, 0.29) is 0 Å². The highest BCUT2D eigenvalue weighted by Crippen LogP contribution is 2.18. The van der Waals surface area contributed by atoms with Crippen molar-refractivity contribution in [2.75, 3.05) is 0 Å². The van der Waals surface area contributed by atoms with E-state index in [1.165, 1.54) is 0 Å². The molecule has 0 aromatic carbocycles. The molecule has 1 aromatic rings. The molecule has 4 nitrogen and oxygen atoms in total. The summed E-state index contributed by atoms with van der Waals surface area (Å²) in [5.74, 6) is 0. The first-order valence-electron chi connectivity index (χ1n) is 3.88. The molecule has 2 unspecified atom stereocenters. The van der Waals surface area contributed by atoms with Crippen LogP contribution in [0.1, 0.15) is 24.3 Å². The Morgan fingerprint density at radius 3 is 2.42 bits per heavy atom. The van der Waals surface area contributed by atoms with Gasteiger partial charge in [0.15, 0.2) is 0 Å². The number of aryl methyl sites for hydroxylation is 2. The summed E-state index contributed by atoms with van der Waals surface area (Å²) in [4.78, 5) is 0. The molecule has 2 N–H and O–H groups in total. The Morgan fingerprint density at radius 1 is 1.50 bits per heavy atom. The van der Waals surface area contributed by atoms with Crippen molar-refractivity contribution in [3.8, 4) is 0 Å².